The van der Waals surface area contributed by atoms with E-state index in [-0.39, 0.29) is 34.9 Å². The molecule has 11 atom stereocenters. The first kappa shape index (κ1) is 28.3. The maximum atomic E-state index is 12.1. The van der Waals surface area contributed by atoms with Crippen LogP contribution in [0.25, 0.3) is 0 Å². The summed E-state index contributed by atoms with van der Waals surface area (Å²) in [5.74, 6) is 3.74. The molecule has 0 radical (unpaired) electrons. The third-order valence-electron chi connectivity index (χ3n) is 11.9. The molecular weight excluding hydrogens is 502 g/mol. The number of aromatic nitrogens is 3. The second-order valence-electron chi connectivity index (χ2n) is 13.8. The lowest BCUT2D eigenvalue weighted by Crippen LogP contribution is -2.62. The van der Waals surface area contributed by atoms with Crippen LogP contribution >= 0.6 is 0 Å². The average molecular weight is 552 g/mol. The van der Waals surface area contributed by atoms with Crippen molar-refractivity contribution < 1.29 is 18.6 Å². The van der Waals surface area contributed by atoms with Gasteiger partial charge in [-0.25, -0.2) is 4.72 Å². The lowest BCUT2D eigenvalue weighted by molar-refractivity contribution is -0.203. The van der Waals surface area contributed by atoms with E-state index in [1.165, 1.54) is 20.5 Å². The molecule has 0 aliphatic heterocycles. The van der Waals surface area contributed by atoms with E-state index in [1.807, 2.05) is 0 Å². The highest BCUT2D eigenvalue weighted by Crippen LogP contribution is 2.69. The number of nitrogens with one attached hydrogen (secondary N) is 2. The second-order valence-corrected chi connectivity index (χ2v) is 15.7. The molecule has 38 heavy (non-hydrogen) atoms. The fourth-order valence-corrected chi connectivity index (χ4v) is 10.5. The van der Waals surface area contributed by atoms with Crippen LogP contribution in [0.4, 0.5) is 5.95 Å². The topological polar surface area (TPSA) is 131 Å². The van der Waals surface area contributed by atoms with Gasteiger partial charge in [0.1, 0.15) is 5.82 Å². The van der Waals surface area contributed by atoms with E-state index in [0.717, 1.165) is 55.7 Å². The molecule has 0 spiro atoms. The van der Waals surface area contributed by atoms with Gasteiger partial charge in [-0.3, -0.25) is 5.10 Å². The Morgan fingerprint density at radius 2 is 1.76 bits per heavy atom. The predicted molar refractivity (Wildman–Crippen MR) is 147 cm³/mol. The van der Waals surface area contributed by atoms with Crippen LogP contribution in [0.3, 0.4) is 0 Å². The molecule has 9 nitrogen and oxygen atoms in total. The Hall–Kier alpha value is -1.23. The molecule has 4 aliphatic rings. The summed E-state index contributed by atoms with van der Waals surface area (Å²) in [7, 11) is -0.714. The van der Waals surface area contributed by atoms with E-state index in [2.05, 4.69) is 47.6 Å². The highest BCUT2D eigenvalue weighted by atomic mass is 32.2. The number of aromatic amines is 1. The van der Waals surface area contributed by atoms with Crippen molar-refractivity contribution in [3.63, 3.8) is 0 Å². The van der Waals surface area contributed by atoms with Crippen molar-refractivity contribution in [2.24, 2.45) is 52.3 Å². The third kappa shape index (κ3) is 4.51. The van der Waals surface area contributed by atoms with Gasteiger partial charge in [0.05, 0.1) is 12.2 Å². The van der Waals surface area contributed by atoms with E-state index in [9.17, 15) is 18.6 Å². The van der Waals surface area contributed by atoms with E-state index in [4.69, 9.17) is 0 Å². The smallest absolute Gasteiger partial charge is 0.303 e. The Kier molecular flexibility index (Phi) is 7.45. The van der Waals surface area contributed by atoms with Crippen molar-refractivity contribution >= 4 is 16.2 Å². The molecule has 216 valence electrons. The van der Waals surface area contributed by atoms with Gasteiger partial charge in [-0.1, -0.05) is 34.1 Å². The summed E-state index contributed by atoms with van der Waals surface area (Å²) in [5.41, 5.74) is 0.386. The minimum Gasteiger partial charge on any atom is -0.393 e. The maximum Gasteiger partial charge on any atom is 0.303 e. The first-order chi connectivity index (χ1) is 17.8. The molecule has 10 heteroatoms. The van der Waals surface area contributed by atoms with Gasteiger partial charge in [-0.15, -0.1) is 5.10 Å². The minimum atomic E-state index is -3.65. The standard InChI is InChI=1S/C28H49N5O4S/c1-7-18-22-15-17(34)10-12-28(22,4)21-11-13-27(3)19(8-9-20(27)24(21)25(18)35)16(2)14-23-29-26(31-30-23)32-38(36,37)33(5)6/h16-22,24-25,34-35H,7-15H2,1-6H3,(H2,29,30,31,32)/t16-,17-,18-,19?,20+,21+,22+,24+,25-,27-,28-/m1/s1. The maximum absolute atomic E-state index is 12.1. The quantitative estimate of drug-likeness (QED) is 0.407. The summed E-state index contributed by atoms with van der Waals surface area (Å²) in [5, 5.41) is 29.4. The zero-order valence-corrected chi connectivity index (χ0v) is 24.8. The number of hydrogen-bond acceptors (Lipinski definition) is 6. The summed E-state index contributed by atoms with van der Waals surface area (Å²) in [6.45, 7) is 9.48. The largest absolute Gasteiger partial charge is 0.393 e. The molecule has 5 rings (SSSR count). The van der Waals surface area contributed by atoms with Crippen LogP contribution in [0.15, 0.2) is 0 Å². The van der Waals surface area contributed by atoms with Crippen molar-refractivity contribution in [1.82, 2.24) is 19.5 Å². The molecule has 4 saturated carbocycles. The van der Waals surface area contributed by atoms with Crippen LogP contribution in [0.1, 0.15) is 84.9 Å². The molecule has 1 unspecified atom stereocenters. The fourth-order valence-electron chi connectivity index (χ4n) is 10.0. The minimum absolute atomic E-state index is 0.0771. The molecule has 1 aromatic heterocycles. The number of aliphatic hydroxyl groups excluding tert-OH is 2. The average Bonchev–Trinajstić information content (AvgIpc) is 3.43. The van der Waals surface area contributed by atoms with Gasteiger partial charge >= 0.3 is 10.2 Å². The normalized spacial score (nSPS) is 43.8. The van der Waals surface area contributed by atoms with Crippen LogP contribution < -0.4 is 4.72 Å². The Morgan fingerprint density at radius 3 is 2.45 bits per heavy atom. The number of H-pyrrole nitrogens is 1. The summed E-state index contributed by atoms with van der Waals surface area (Å²) < 4.78 is 27.8. The number of hydrogen-bond donors (Lipinski definition) is 4. The van der Waals surface area contributed by atoms with Crippen LogP contribution in [0, 0.1) is 52.3 Å². The molecular formula is C28H49N5O4S. The molecule has 1 aromatic rings. The summed E-state index contributed by atoms with van der Waals surface area (Å²) >= 11 is 0. The molecule has 0 saturated heterocycles. The van der Waals surface area contributed by atoms with Crippen LogP contribution in [-0.4, -0.2) is 64.4 Å². The van der Waals surface area contributed by atoms with Gasteiger partial charge in [0.15, 0.2) is 0 Å². The van der Waals surface area contributed by atoms with Gasteiger partial charge in [-0.2, -0.15) is 17.7 Å². The zero-order valence-electron chi connectivity index (χ0n) is 24.0. The second kappa shape index (κ2) is 10.00. The van der Waals surface area contributed by atoms with Crippen molar-refractivity contribution in [3.8, 4) is 0 Å². The van der Waals surface area contributed by atoms with Gasteiger partial charge in [-0.05, 0) is 97.2 Å². The first-order valence-corrected chi connectivity index (χ1v) is 16.2. The van der Waals surface area contributed by atoms with E-state index in [0.29, 0.717) is 41.3 Å². The van der Waals surface area contributed by atoms with Gasteiger partial charge < -0.3 is 10.2 Å². The van der Waals surface area contributed by atoms with Crippen LogP contribution in [0.2, 0.25) is 0 Å². The predicted octanol–water partition coefficient (Wildman–Crippen LogP) is 3.83. The Bertz CT molecular complexity index is 1110. The van der Waals surface area contributed by atoms with Crippen molar-refractivity contribution in [2.45, 2.75) is 97.7 Å². The zero-order chi connectivity index (χ0) is 27.6. The molecule has 4 aliphatic carbocycles. The van der Waals surface area contributed by atoms with Crippen molar-refractivity contribution in [3.05, 3.63) is 5.82 Å². The fraction of sp³-hybridized carbons (Fsp3) is 0.929. The highest BCUT2D eigenvalue weighted by molar-refractivity contribution is 7.90. The lowest BCUT2D eigenvalue weighted by Gasteiger charge is -2.64. The van der Waals surface area contributed by atoms with E-state index < -0.39 is 10.2 Å². The number of aliphatic hydroxyl groups is 2. The Morgan fingerprint density at radius 1 is 1.08 bits per heavy atom. The molecule has 4 N–H and O–H groups in total. The van der Waals surface area contributed by atoms with Crippen molar-refractivity contribution in [2.75, 3.05) is 18.8 Å². The SMILES string of the molecule is CC[C@H]1[C@@H](O)[C@@H]2[C@H](CC[C@]3(C)C([C@H](C)Cc4nc(NS(=O)(=O)N(C)C)n[nH]4)CC[C@@H]23)[C@@]2(C)CC[C@@H](O)C[C@@H]12. The van der Waals surface area contributed by atoms with Crippen LogP contribution in [-0.2, 0) is 16.6 Å². The Balaban J connectivity index is 1.33. The first-order valence-electron chi connectivity index (χ1n) is 14.8. The highest BCUT2D eigenvalue weighted by Gasteiger charge is 2.64. The molecule has 1 heterocycles. The monoisotopic (exact) mass is 551 g/mol. The van der Waals surface area contributed by atoms with Gasteiger partial charge in [0, 0.05) is 20.5 Å². The summed E-state index contributed by atoms with van der Waals surface area (Å²) in [4.78, 5) is 4.43. The number of nitrogens with zero attached hydrogens (tertiary/aromatic N) is 3. The molecule has 0 aromatic carbocycles. The molecule has 0 amide bonds. The van der Waals surface area contributed by atoms with E-state index in [1.54, 1.807) is 0 Å². The Labute approximate surface area is 228 Å². The van der Waals surface area contributed by atoms with E-state index >= 15 is 0 Å². The van der Waals surface area contributed by atoms with Crippen molar-refractivity contribution in [1.29, 1.82) is 0 Å². The van der Waals surface area contributed by atoms with Gasteiger partial charge in [0.25, 0.3) is 5.95 Å². The number of anilines is 1. The lowest BCUT2D eigenvalue weighted by atomic mass is 9.41. The summed E-state index contributed by atoms with van der Waals surface area (Å²) in [6, 6.07) is 0. The summed E-state index contributed by atoms with van der Waals surface area (Å²) in [6.07, 6.45) is 8.69. The molecule has 0 bridgehead atoms. The third-order valence-corrected chi connectivity index (χ3v) is 13.3. The van der Waals surface area contributed by atoms with Gasteiger partial charge in [0.2, 0.25) is 0 Å². The molecule has 4 fully saturated rings. The number of fused-ring (bicyclic) bond motifs is 5. The van der Waals surface area contributed by atoms with Crippen LogP contribution in [0.5, 0.6) is 0 Å². The number of rotatable bonds is 7.